The molecule has 1 aromatic carbocycles. The zero-order valence-electron chi connectivity index (χ0n) is 10.9. The molecule has 0 unspecified atom stereocenters. The van der Waals surface area contributed by atoms with Gasteiger partial charge in [-0.15, -0.1) is 0 Å². The molecule has 1 fully saturated rings. The molecule has 104 valence electrons. The smallest absolute Gasteiger partial charge is 0.339 e. The van der Waals surface area contributed by atoms with E-state index in [0.717, 1.165) is 12.8 Å². The Balaban J connectivity index is 2.25. The third-order valence-corrected chi connectivity index (χ3v) is 2.96. The second kappa shape index (κ2) is 6.43. The highest BCUT2D eigenvalue weighted by atomic mass is 16.5. The van der Waals surface area contributed by atoms with Crippen molar-refractivity contribution >= 4 is 5.97 Å². The molecule has 1 saturated heterocycles. The number of carboxylic acid groups (broad SMARTS) is 1. The predicted molar refractivity (Wildman–Crippen MR) is 69.0 cm³/mol. The van der Waals surface area contributed by atoms with Crippen LogP contribution in [0.25, 0.3) is 0 Å². The zero-order valence-corrected chi connectivity index (χ0v) is 10.9. The molecule has 1 N–H and O–H groups in total. The van der Waals surface area contributed by atoms with Crippen LogP contribution in [0.1, 0.15) is 30.1 Å². The van der Waals surface area contributed by atoms with Crippen molar-refractivity contribution in [2.45, 2.75) is 25.9 Å². The molecular formula is C14H18O5. The van der Waals surface area contributed by atoms with Crippen LogP contribution in [0, 0.1) is 0 Å². The second-order valence-corrected chi connectivity index (χ2v) is 4.30. The largest absolute Gasteiger partial charge is 0.490 e. The van der Waals surface area contributed by atoms with Crippen molar-refractivity contribution in [3.8, 4) is 11.5 Å². The fraction of sp³-hybridized carbons (Fsp3) is 0.500. The van der Waals surface area contributed by atoms with E-state index in [1.54, 1.807) is 12.1 Å². The second-order valence-electron chi connectivity index (χ2n) is 4.30. The summed E-state index contributed by atoms with van der Waals surface area (Å²) in [5, 5.41) is 9.23. The van der Waals surface area contributed by atoms with Gasteiger partial charge in [0.05, 0.1) is 19.8 Å². The van der Waals surface area contributed by atoms with Gasteiger partial charge in [-0.1, -0.05) is 6.07 Å². The molecule has 0 amide bonds. The third-order valence-electron chi connectivity index (χ3n) is 2.96. The van der Waals surface area contributed by atoms with E-state index in [4.69, 9.17) is 14.2 Å². The summed E-state index contributed by atoms with van der Waals surface area (Å²) in [7, 11) is 0. The predicted octanol–water partition coefficient (Wildman–Crippen LogP) is 2.34. The first-order valence-electron chi connectivity index (χ1n) is 6.46. The Morgan fingerprint density at radius 3 is 2.79 bits per heavy atom. The number of aromatic carboxylic acids is 1. The summed E-state index contributed by atoms with van der Waals surface area (Å²) in [5.74, 6) is -0.207. The van der Waals surface area contributed by atoms with Crippen molar-refractivity contribution in [1.29, 1.82) is 0 Å². The average molecular weight is 266 g/mol. The molecule has 0 aliphatic carbocycles. The van der Waals surface area contributed by atoms with Crippen molar-refractivity contribution in [2.75, 3.05) is 19.8 Å². The summed E-state index contributed by atoms with van der Waals surface area (Å²) < 4.78 is 16.6. The molecule has 5 heteroatoms. The van der Waals surface area contributed by atoms with Crippen LogP contribution in [0.3, 0.4) is 0 Å². The molecule has 19 heavy (non-hydrogen) atoms. The molecule has 2 rings (SSSR count). The van der Waals surface area contributed by atoms with Gasteiger partial charge in [-0.3, -0.25) is 0 Å². The van der Waals surface area contributed by atoms with Gasteiger partial charge in [-0.05, 0) is 19.1 Å². The van der Waals surface area contributed by atoms with Gasteiger partial charge in [0, 0.05) is 12.8 Å². The van der Waals surface area contributed by atoms with Crippen molar-refractivity contribution in [3.63, 3.8) is 0 Å². The maximum Gasteiger partial charge on any atom is 0.339 e. The Hall–Kier alpha value is -1.75. The SMILES string of the molecule is CCOc1cccc(C(=O)O)c1OC1CCOCC1. The van der Waals surface area contributed by atoms with Crippen molar-refractivity contribution in [3.05, 3.63) is 23.8 Å². The number of hydrogen-bond acceptors (Lipinski definition) is 4. The monoisotopic (exact) mass is 266 g/mol. The molecule has 1 heterocycles. The highest BCUT2D eigenvalue weighted by molar-refractivity contribution is 5.92. The summed E-state index contributed by atoms with van der Waals surface area (Å²) in [6, 6.07) is 4.91. The summed E-state index contributed by atoms with van der Waals surface area (Å²) in [6.07, 6.45) is 1.51. The fourth-order valence-electron chi connectivity index (χ4n) is 2.04. The summed E-state index contributed by atoms with van der Waals surface area (Å²) in [5.41, 5.74) is 0.137. The molecule has 0 atom stereocenters. The first kappa shape index (κ1) is 13.7. The van der Waals surface area contributed by atoms with Crippen LogP contribution in [0.5, 0.6) is 11.5 Å². The van der Waals surface area contributed by atoms with Gasteiger partial charge < -0.3 is 19.3 Å². The molecule has 0 spiro atoms. The van der Waals surface area contributed by atoms with E-state index in [1.165, 1.54) is 6.07 Å². The van der Waals surface area contributed by atoms with Gasteiger partial charge in [0.2, 0.25) is 0 Å². The van der Waals surface area contributed by atoms with E-state index < -0.39 is 5.97 Å². The van der Waals surface area contributed by atoms with Gasteiger partial charge in [-0.25, -0.2) is 4.79 Å². The van der Waals surface area contributed by atoms with Crippen LogP contribution in [0.15, 0.2) is 18.2 Å². The average Bonchev–Trinajstić information content (AvgIpc) is 2.42. The molecule has 0 radical (unpaired) electrons. The highest BCUT2D eigenvalue weighted by Gasteiger charge is 2.22. The van der Waals surface area contributed by atoms with E-state index in [9.17, 15) is 9.90 Å². The summed E-state index contributed by atoms with van der Waals surface area (Å²) in [4.78, 5) is 11.3. The Kier molecular flexibility index (Phi) is 4.63. The molecule has 0 saturated carbocycles. The number of hydrogen-bond donors (Lipinski definition) is 1. The van der Waals surface area contributed by atoms with Crippen LogP contribution in [0.4, 0.5) is 0 Å². The quantitative estimate of drug-likeness (QED) is 0.886. The number of ether oxygens (including phenoxy) is 3. The number of carbonyl (C=O) groups is 1. The minimum atomic E-state index is -1.01. The topological polar surface area (TPSA) is 65.0 Å². The van der Waals surface area contributed by atoms with E-state index in [0.29, 0.717) is 31.3 Å². The number of carboxylic acids is 1. The Morgan fingerprint density at radius 1 is 1.42 bits per heavy atom. The molecular weight excluding hydrogens is 248 g/mol. The van der Waals surface area contributed by atoms with Gasteiger partial charge in [0.25, 0.3) is 0 Å². The maximum atomic E-state index is 11.3. The molecule has 0 bridgehead atoms. The third kappa shape index (κ3) is 3.38. The Labute approximate surface area is 112 Å². The first-order valence-corrected chi connectivity index (χ1v) is 6.46. The fourth-order valence-corrected chi connectivity index (χ4v) is 2.04. The number of para-hydroxylation sites is 1. The molecule has 1 aliphatic rings. The van der Waals surface area contributed by atoms with Crippen LogP contribution in [0.2, 0.25) is 0 Å². The van der Waals surface area contributed by atoms with Crippen molar-refractivity contribution in [1.82, 2.24) is 0 Å². The standard InChI is InChI=1S/C14H18O5/c1-2-18-12-5-3-4-11(14(15)16)13(12)19-10-6-8-17-9-7-10/h3-5,10H,2,6-9H2,1H3,(H,15,16). The van der Waals surface area contributed by atoms with E-state index >= 15 is 0 Å². The summed E-state index contributed by atoms with van der Waals surface area (Å²) in [6.45, 7) is 3.60. The Bertz CT molecular complexity index is 437. The number of rotatable bonds is 5. The lowest BCUT2D eigenvalue weighted by Gasteiger charge is -2.25. The van der Waals surface area contributed by atoms with E-state index in [1.807, 2.05) is 6.92 Å². The maximum absolute atomic E-state index is 11.3. The highest BCUT2D eigenvalue weighted by Crippen LogP contribution is 2.33. The molecule has 1 aliphatic heterocycles. The minimum absolute atomic E-state index is 0.0199. The van der Waals surface area contributed by atoms with Crippen LogP contribution in [-0.4, -0.2) is 37.0 Å². The van der Waals surface area contributed by atoms with Gasteiger partial charge in [0.15, 0.2) is 11.5 Å². The zero-order chi connectivity index (χ0) is 13.7. The van der Waals surface area contributed by atoms with Gasteiger partial charge >= 0.3 is 5.97 Å². The van der Waals surface area contributed by atoms with Crippen LogP contribution >= 0.6 is 0 Å². The minimum Gasteiger partial charge on any atom is -0.490 e. The molecule has 5 nitrogen and oxygen atoms in total. The van der Waals surface area contributed by atoms with Crippen molar-refractivity contribution in [2.24, 2.45) is 0 Å². The molecule has 0 aromatic heterocycles. The van der Waals surface area contributed by atoms with Gasteiger partial charge in [0.1, 0.15) is 11.7 Å². The van der Waals surface area contributed by atoms with E-state index in [-0.39, 0.29) is 11.7 Å². The van der Waals surface area contributed by atoms with Crippen LogP contribution in [-0.2, 0) is 4.74 Å². The summed E-state index contributed by atoms with van der Waals surface area (Å²) >= 11 is 0. The normalized spacial score (nSPS) is 16.1. The van der Waals surface area contributed by atoms with E-state index in [2.05, 4.69) is 0 Å². The lowest BCUT2D eigenvalue weighted by atomic mass is 10.1. The van der Waals surface area contributed by atoms with Crippen molar-refractivity contribution < 1.29 is 24.1 Å². The van der Waals surface area contributed by atoms with Gasteiger partial charge in [-0.2, -0.15) is 0 Å². The lowest BCUT2D eigenvalue weighted by Crippen LogP contribution is -2.26. The van der Waals surface area contributed by atoms with Crippen LogP contribution < -0.4 is 9.47 Å². The first-order chi connectivity index (χ1) is 9.22. The molecule has 1 aromatic rings. The Morgan fingerprint density at radius 2 is 2.16 bits per heavy atom. The number of benzene rings is 1. The lowest BCUT2D eigenvalue weighted by molar-refractivity contribution is 0.0236.